The lowest BCUT2D eigenvalue weighted by molar-refractivity contribution is -0.126. The van der Waals surface area contributed by atoms with Crippen LogP contribution in [0.3, 0.4) is 0 Å². The number of carbonyl (C=O) groups is 1. The molecule has 0 bridgehead atoms. The summed E-state index contributed by atoms with van der Waals surface area (Å²) in [6, 6.07) is 7.60. The van der Waals surface area contributed by atoms with E-state index in [0.29, 0.717) is 5.56 Å². The maximum absolute atomic E-state index is 13.1. The molecule has 0 saturated carbocycles. The molecule has 1 aromatic carbocycles. The largest absolute Gasteiger partial charge is 0.353 e. The summed E-state index contributed by atoms with van der Waals surface area (Å²) in [5, 5.41) is 2.67. The van der Waals surface area contributed by atoms with Crippen LogP contribution in [-0.4, -0.2) is 31.7 Å². The summed E-state index contributed by atoms with van der Waals surface area (Å²) in [7, 11) is -3.78. The molecular weight excluding hydrogens is 339 g/mol. The van der Waals surface area contributed by atoms with Crippen LogP contribution < -0.4 is 5.32 Å². The highest BCUT2D eigenvalue weighted by Gasteiger charge is 2.40. The van der Waals surface area contributed by atoms with Gasteiger partial charge in [0, 0.05) is 18.0 Å². The Morgan fingerprint density at radius 2 is 1.91 bits per heavy atom. The van der Waals surface area contributed by atoms with Gasteiger partial charge in [0.1, 0.15) is 16.1 Å². The number of thiophene rings is 1. The van der Waals surface area contributed by atoms with Crippen molar-refractivity contribution in [3.8, 4) is 0 Å². The van der Waals surface area contributed by atoms with Gasteiger partial charge in [-0.1, -0.05) is 12.1 Å². The highest BCUT2D eigenvalue weighted by atomic mass is 32.2. The molecular formula is C15H15FN2O3S2. The fourth-order valence-electron chi connectivity index (χ4n) is 2.53. The third-order valence-electron chi connectivity index (χ3n) is 3.63. The van der Waals surface area contributed by atoms with Crippen molar-refractivity contribution in [1.82, 2.24) is 9.62 Å². The average Bonchev–Trinajstić information content (AvgIpc) is 2.95. The van der Waals surface area contributed by atoms with Gasteiger partial charge >= 0.3 is 0 Å². The van der Waals surface area contributed by atoms with Gasteiger partial charge in [0.25, 0.3) is 10.0 Å². The van der Waals surface area contributed by atoms with E-state index in [1.54, 1.807) is 12.1 Å². The van der Waals surface area contributed by atoms with Gasteiger partial charge in [-0.15, -0.1) is 11.3 Å². The van der Waals surface area contributed by atoms with Crippen molar-refractivity contribution in [2.24, 2.45) is 0 Å². The molecule has 2 aromatic rings. The van der Waals surface area contributed by atoms with Gasteiger partial charge in [-0.2, -0.15) is 4.31 Å². The molecule has 1 N–H and O–H groups in total. The fraction of sp³-hybridized carbons (Fsp3) is 0.267. The monoisotopic (exact) mass is 354 g/mol. The maximum atomic E-state index is 13.1. The number of nitrogens with zero attached hydrogens (tertiary/aromatic N) is 1. The van der Waals surface area contributed by atoms with Gasteiger partial charge in [-0.3, -0.25) is 4.79 Å². The molecule has 5 nitrogen and oxygen atoms in total. The van der Waals surface area contributed by atoms with Crippen molar-refractivity contribution in [1.29, 1.82) is 0 Å². The van der Waals surface area contributed by atoms with Crippen molar-refractivity contribution in [3.63, 3.8) is 0 Å². The maximum Gasteiger partial charge on any atom is 0.253 e. The van der Waals surface area contributed by atoms with Gasteiger partial charge in [0.05, 0.1) is 0 Å². The van der Waals surface area contributed by atoms with Gasteiger partial charge in [-0.05, 0) is 36.8 Å². The number of halogens is 1. The lowest BCUT2D eigenvalue weighted by atomic mass is 10.0. The lowest BCUT2D eigenvalue weighted by Crippen LogP contribution is -2.51. The van der Waals surface area contributed by atoms with E-state index in [9.17, 15) is 17.6 Å². The SMILES string of the molecule is Cc1ccc(S(=O)(=O)N2CCNC(=O)C2c2ccc(F)cc2)s1. The Hall–Kier alpha value is -1.77. The normalized spacial score (nSPS) is 19.6. The molecule has 1 atom stereocenters. The summed E-state index contributed by atoms with van der Waals surface area (Å²) in [6.07, 6.45) is 0. The standard InChI is InChI=1S/C15H15FN2O3S2/c1-10-2-7-13(22-10)23(20,21)18-9-8-17-15(19)14(18)11-3-5-12(16)6-4-11/h2-7,14H,8-9H2,1H3,(H,17,19). The van der Waals surface area contributed by atoms with Gasteiger partial charge < -0.3 is 5.32 Å². The zero-order valence-corrected chi connectivity index (χ0v) is 14.0. The van der Waals surface area contributed by atoms with Crippen LogP contribution in [0.25, 0.3) is 0 Å². The lowest BCUT2D eigenvalue weighted by Gasteiger charge is -2.33. The molecule has 8 heteroatoms. The van der Waals surface area contributed by atoms with Crippen molar-refractivity contribution in [2.75, 3.05) is 13.1 Å². The Morgan fingerprint density at radius 3 is 2.52 bits per heavy atom. The summed E-state index contributed by atoms with van der Waals surface area (Å²) >= 11 is 1.17. The number of aryl methyl sites for hydroxylation is 1. The highest BCUT2D eigenvalue weighted by molar-refractivity contribution is 7.91. The number of hydrogen-bond donors (Lipinski definition) is 1. The Bertz CT molecular complexity index is 831. The summed E-state index contributed by atoms with van der Waals surface area (Å²) < 4.78 is 40.3. The number of hydrogen-bond acceptors (Lipinski definition) is 4. The molecule has 1 aliphatic rings. The van der Waals surface area contributed by atoms with Crippen LogP contribution in [0.2, 0.25) is 0 Å². The van der Waals surface area contributed by atoms with E-state index in [1.807, 2.05) is 6.92 Å². The van der Waals surface area contributed by atoms with Crippen molar-refractivity contribution >= 4 is 27.3 Å². The topological polar surface area (TPSA) is 66.5 Å². The van der Waals surface area contributed by atoms with E-state index < -0.39 is 27.8 Å². The molecule has 1 aliphatic heterocycles. The first-order valence-corrected chi connectivity index (χ1v) is 9.27. The van der Waals surface area contributed by atoms with E-state index in [-0.39, 0.29) is 17.3 Å². The van der Waals surface area contributed by atoms with Crippen molar-refractivity contribution in [2.45, 2.75) is 17.2 Å². The number of rotatable bonds is 3. The van der Waals surface area contributed by atoms with Crippen LogP contribution in [-0.2, 0) is 14.8 Å². The fourth-order valence-corrected chi connectivity index (χ4v) is 5.52. The Kier molecular flexibility index (Phi) is 4.22. The molecule has 23 heavy (non-hydrogen) atoms. The number of benzene rings is 1. The summed E-state index contributed by atoms with van der Waals surface area (Å²) in [4.78, 5) is 13.1. The minimum Gasteiger partial charge on any atom is -0.353 e. The molecule has 1 unspecified atom stereocenters. The Balaban J connectivity index is 2.04. The van der Waals surface area contributed by atoms with Gasteiger partial charge in [-0.25, -0.2) is 12.8 Å². The number of amides is 1. The second kappa shape index (κ2) is 6.03. The quantitative estimate of drug-likeness (QED) is 0.917. The Labute approximate surface area is 137 Å². The predicted molar refractivity (Wildman–Crippen MR) is 85.1 cm³/mol. The number of piperazine rings is 1. The average molecular weight is 354 g/mol. The first-order valence-electron chi connectivity index (χ1n) is 7.01. The van der Waals surface area contributed by atoms with E-state index in [4.69, 9.17) is 0 Å². The minimum absolute atomic E-state index is 0.174. The summed E-state index contributed by atoms with van der Waals surface area (Å²) in [5.74, 6) is -0.840. The molecule has 0 spiro atoms. The van der Waals surface area contributed by atoms with Crippen LogP contribution in [0.5, 0.6) is 0 Å². The molecule has 1 amide bonds. The third-order valence-corrected chi connectivity index (χ3v) is 6.96. The predicted octanol–water partition coefficient (Wildman–Crippen LogP) is 2.06. The molecule has 1 fully saturated rings. The van der Waals surface area contributed by atoms with Crippen LogP contribution in [0, 0.1) is 12.7 Å². The molecule has 1 saturated heterocycles. The van der Waals surface area contributed by atoms with E-state index in [2.05, 4.69) is 5.32 Å². The number of nitrogens with one attached hydrogen (secondary N) is 1. The zero-order valence-electron chi connectivity index (χ0n) is 12.3. The number of sulfonamides is 1. The van der Waals surface area contributed by atoms with Crippen molar-refractivity contribution in [3.05, 3.63) is 52.7 Å². The van der Waals surface area contributed by atoms with Gasteiger partial charge in [0.2, 0.25) is 5.91 Å². The summed E-state index contributed by atoms with van der Waals surface area (Å²) in [5.41, 5.74) is 0.445. The van der Waals surface area contributed by atoms with E-state index in [1.165, 1.54) is 39.9 Å². The Morgan fingerprint density at radius 1 is 1.22 bits per heavy atom. The molecule has 3 rings (SSSR count). The van der Waals surface area contributed by atoms with Crippen LogP contribution in [0.1, 0.15) is 16.5 Å². The van der Waals surface area contributed by atoms with E-state index >= 15 is 0 Å². The molecule has 122 valence electrons. The van der Waals surface area contributed by atoms with Crippen LogP contribution in [0.4, 0.5) is 4.39 Å². The van der Waals surface area contributed by atoms with Crippen molar-refractivity contribution < 1.29 is 17.6 Å². The second-order valence-electron chi connectivity index (χ2n) is 5.23. The first kappa shape index (κ1) is 16.1. The molecule has 0 aliphatic carbocycles. The van der Waals surface area contributed by atoms with Gasteiger partial charge in [0.15, 0.2) is 0 Å². The molecule has 1 aromatic heterocycles. The molecule has 2 heterocycles. The van der Waals surface area contributed by atoms with Crippen LogP contribution in [0.15, 0.2) is 40.6 Å². The smallest absolute Gasteiger partial charge is 0.253 e. The first-order chi connectivity index (χ1) is 10.9. The minimum atomic E-state index is -3.78. The highest BCUT2D eigenvalue weighted by Crippen LogP contribution is 2.32. The molecule has 0 radical (unpaired) electrons. The van der Waals surface area contributed by atoms with Crippen LogP contribution >= 0.6 is 11.3 Å². The summed E-state index contributed by atoms with van der Waals surface area (Å²) in [6.45, 7) is 2.25. The number of carbonyl (C=O) groups excluding carboxylic acids is 1. The third kappa shape index (κ3) is 3.01. The zero-order chi connectivity index (χ0) is 16.6. The second-order valence-corrected chi connectivity index (χ2v) is 8.63. The van der Waals surface area contributed by atoms with E-state index in [0.717, 1.165) is 4.88 Å².